The van der Waals surface area contributed by atoms with Crippen LogP contribution in [0, 0.1) is 0 Å². The van der Waals surface area contributed by atoms with Crippen LogP contribution in [0.5, 0.6) is 0 Å². The van der Waals surface area contributed by atoms with Crippen LogP contribution in [0.2, 0.25) is 0 Å². The third kappa shape index (κ3) is 4.58. The third-order valence-electron chi connectivity index (χ3n) is 3.62. The molecule has 1 saturated heterocycles. The summed E-state index contributed by atoms with van der Waals surface area (Å²) in [4.78, 5) is 10.7. The lowest BCUT2D eigenvalue weighted by Gasteiger charge is -2.42. The standard InChI is InChI=1S/C12H22O12/c13-1-3(15)10(7(18)8(19)11(21)22)24-12-9(20)6(17)5(16)4(2-14)23-12/h3-10,12-20H,1-2H2,(H,21,22)/t3-,4?,5+,6?,7-,8-,9?,10-,12+/m1/s1. The predicted molar refractivity (Wildman–Crippen MR) is 71.4 cm³/mol. The minimum atomic E-state index is -2.39. The van der Waals surface area contributed by atoms with Crippen molar-refractivity contribution in [1.29, 1.82) is 0 Å². The van der Waals surface area contributed by atoms with Crippen LogP contribution in [0.15, 0.2) is 0 Å². The summed E-state index contributed by atoms with van der Waals surface area (Å²) in [6.07, 6.45) is -16.9. The number of hydrogen-bond donors (Lipinski definition) is 9. The zero-order valence-corrected chi connectivity index (χ0v) is 12.4. The molecule has 142 valence electrons. The molecule has 1 aliphatic rings. The lowest BCUT2D eigenvalue weighted by Crippen LogP contribution is -2.61. The molecule has 0 spiro atoms. The molecule has 0 aromatic rings. The highest BCUT2D eigenvalue weighted by atomic mass is 16.7. The smallest absolute Gasteiger partial charge is 0.335 e. The maximum absolute atomic E-state index is 10.7. The van der Waals surface area contributed by atoms with Gasteiger partial charge in [-0.2, -0.15) is 0 Å². The highest BCUT2D eigenvalue weighted by Gasteiger charge is 2.47. The summed E-state index contributed by atoms with van der Waals surface area (Å²) in [5.74, 6) is -1.84. The summed E-state index contributed by atoms with van der Waals surface area (Å²) in [6, 6.07) is 0. The first-order chi connectivity index (χ1) is 11.1. The Kier molecular flexibility index (Phi) is 7.88. The Morgan fingerprint density at radius 1 is 1.04 bits per heavy atom. The monoisotopic (exact) mass is 358 g/mol. The van der Waals surface area contributed by atoms with Crippen LogP contribution >= 0.6 is 0 Å². The van der Waals surface area contributed by atoms with Crippen LogP contribution < -0.4 is 0 Å². The molecular weight excluding hydrogens is 336 g/mol. The summed E-state index contributed by atoms with van der Waals surface area (Å²) in [6.45, 7) is -1.76. The van der Waals surface area contributed by atoms with Crippen LogP contribution in [0.3, 0.4) is 0 Å². The Hall–Kier alpha value is -0.930. The third-order valence-corrected chi connectivity index (χ3v) is 3.62. The van der Waals surface area contributed by atoms with E-state index in [9.17, 15) is 35.4 Å². The molecule has 1 rings (SSSR count). The van der Waals surface area contributed by atoms with Crippen LogP contribution in [0.1, 0.15) is 0 Å². The first kappa shape index (κ1) is 21.1. The van der Waals surface area contributed by atoms with Gasteiger partial charge in [-0.1, -0.05) is 0 Å². The fourth-order valence-corrected chi connectivity index (χ4v) is 2.16. The van der Waals surface area contributed by atoms with Crippen LogP contribution in [0.25, 0.3) is 0 Å². The maximum atomic E-state index is 10.7. The summed E-state index contributed by atoms with van der Waals surface area (Å²) in [7, 11) is 0. The van der Waals surface area contributed by atoms with E-state index in [0.29, 0.717) is 0 Å². The van der Waals surface area contributed by atoms with E-state index in [2.05, 4.69) is 0 Å². The van der Waals surface area contributed by atoms with E-state index in [1.165, 1.54) is 0 Å². The highest BCUT2D eigenvalue weighted by Crippen LogP contribution is 2.24. The molecule has 0 aromatic carbocycles. The maximum Gasteiger partial charge on any atom is 0.335 e. The Morgan fingerprint density at radius 2 is 1.62 bits per heavy atom. The van der Waals surface area contributed by atoms with Crippen molar-refractivity contribution in [3.05, 3.63) is 0 Å². The molecule has 9 N–H and O–H groups in total. The molecule has 1 fully saturated rings. The van der Waals surface area contributed by atoms with Crippen molar-refractivity contribution in [3.8, 4) is 0 Å². The van der Waals surface area contributed by atoms with Gasteiger partial charge in [-0.05, 0) is 0 Å². The summed E-state index contributed by atoms with van der Waals surface area (Å²) >= 11 is 0. The SMILES string of the molecule is O=C(O)[C@H](O)[C@@H](O)[C@H](O[C@@H]1OC(CO)[C@H](O)C(O)C1O)[C@H](O)CO. The van der Waals surface area contributed by atoms with Crippen LogP contribution in [0.4, 0.5) is 0 Å². The second-order valence-electron chi connectivity index (χ2n) is 5.32. The van der Waals surface area contributed by atoms with E-state index in [0.717, 1.165) is 0 Å². The van der Waals surface area contributed by atoms with E-state index < -0.39 is 74.3 Å². The molecule has 24 heavy (non-hydrogen) atoms. The van der Waals surface area contributed by atoms with Gasteiger partial charge in [0.15, 0.2) is 12.4 Å². The molecule has 0 aromatic heterocycles. The first-order valence-electron chi connectivity index (χ1n) is 6.99. The molecule has 0 radical (unpaired) electrons. The van der Waals surface area contributed by atoms with Gasteiger partial charge in [-0.3, -0.25) is 0 Å². The number of carbonyl (C=O) groups is 1. The Labute approximate surface area is 135 Å². The molecule has 0 aliphatic carbocycles. The molecule has 0 amide bonds. The lowest BCUT2D eigenvalue weighted by atomic mass is 9.98. The fourth-order valence-electron chi connectivity index (χ4n) is 2.16. The predicted octanol–water partition coefficient (Wildman–Crippen LogP) is -5.67. The number of rotatable bonds is 8. The van der Waals surface area contributed by atoms with Crippen LogP contribution in [-0.4, -0.2) is 120 Å². The van der Waals surface area contributed by atoms with E-state index in [1.54, 1.807) is 0 Å². The zero-order valence-electron chi connectivity index (χ0n) is 12.4. The number of aliphatic carboxylic acids is 1. The van der Waals surface area contributed by atoms with Gasteiger partial charge in [0, 0.05) is 0 Å². The van der Waals surface area contributed by atoms with Gasteiger partial charge in [0.05, 0.1) is 13.2 Å². The summed E-state index contributed by atoms with van der Waals surface area (Å²) < 4.78 is 9.98. The molecular formula is C12H22O12. The van der Waals surface area contributed by atoms with Gasteiger partial charge in [-0.25, -0.2) is 4.79 Å². The van der Waals surface area contributed by atoms with Gasteiger partial charge < -0.3 is 55.4 Å². The second kappa shape index (κ2) is 8.96. The number of carboxylic acids is 1. The Morgan fingerprint density at radius 3 is 2.08 bits per heavy atom. The summed E-state index contributed by atoms with van der Waals surface area (Å²) in [5, 5.41) is 84.5. The molecule has 3 unspecified atom stereocenters. The van der Waals surface area contributed by atoms with Crippen molar-refractivity contribution in [2.75, 3.05) is 13.2 Å². The van der Waals surface area contributed by atoms with Crippen molar-refractivity contribution < 1.29 is 60.2 Å². The summed E-state index contributed by atoms with van der Waals surface area (Å²) in [5.41, 5.74) is 0. The molecule has 1 heterocycles. The number of aliphatic hydroxyl groups is 8. The first-order valence-corrected chi connectivity index (χ1v) is 6.99. The van der Waals surface area contributed by atoms with E-state index in [4.69, 9.17) is 24.8 Å². The fraction of sp³-hybridized carbons (Fsp3) is 0.917. The Bertz CT molecular complexity index is 403. The minimum absolute atomic E-state index is 0.766. The molecule has 12 heteroatoms. The largest absolute Gasteiger partial charge is 0.479 e. The van der Waals surface area contributed by atoms with Crippen molar-refractivity contribution in [2.45, 2.75) is 55.1 Å². The quantitative estimate of drug-likeness (QED) is 0.198. The van der Waals surface area contributed by atoms with Crippen LogP contribution in [-0.2, 0) is 14.3 Å². The van der Waals surface area contributed by atoms with Crippen molar-refractivity contribution in [2.24, 2.45) is 0 Å². The lowest BCUT2D eigenvalue weighted by molar-refractivity contribution is -0.326. The van der Waals surface area contributed by atoms with Gasteiger partial charge >= 0.3 is 5.97 Å². The topological polar surface area (TPSA) is 218 Å². The highest BCUT2D eigenvalue weighted by molar-refractivity contribution is 5.72. The van der Waals surface area contributed by atoms with Crippen molar-refractivity contribution >= 4 is 5.97 Å². The average molecular weight is 358 g/mol. The zero-order chi connectivity index (χ0) is 18.6. The van der Waals surface area contributed by atoms with E-state index in [-0.39, 0.29) is 0 Å². The number of aliphatic hydroxyl groups excluding tert-OH is 8. The second-order valence-corrected chi connectivity index (χ2v) is 5.32. The molecule has 1 aliphatic heterocycles. The number of ether oxygens (including phenoxy) is 2. The average Bonchev–Trinajstić information content (AvgIpc) is 2.57. The van der Waals surface area contributed by atoms with Gasteiger partial charge in [0.25, 0.3) is 0 Å². The normalized spacial score (nSPS) is 35.9. The molecule has 9 atom stereocenters. The van der Waals surface area contributed by atoms with Crippen molar-refractivity contribution in [1.82, 2.24) is 0 Å². The molecule has 12 nitrogen and oxygen atoms in total. The van der Waals surface area contributed by atoms with E-state index in [1.807, 2.05) is 0 Å². The molecule has 0 bridgehead atoms. The van der Waals surface area contributed by atoms with Gasteiger partial charge in [0.2, 0.25) is 0 Å². The Balaban J connectivity index is 2.94. The van der Waals surface area contributed by atoms with Crippen molar-refractivity contribution in [3.63, 3.8) is 0 Å². The van der Waals surface area contributed by atoms with Gasteiger partial charge in [-0.15, -0.1) is 0 Å². The molecule has 0 saturated carbocycles. The van der Waals surface area contributed by atoms with Gasteiger partial charge in [0.1, 0.15) is 42.7 Å². The van der Waals surface area contributed by atoms with E-state index >= 15 is 0 Å². The number of hydrogen-bond acceptors (Lipinski definition) is 11. The minimum Gasteiger partial charge on any atom is -0.479 e. The number of carboxylic acid groups (broad SMARTS) is 1.